The lowest BCUT2D eigenvalue weighted by Crippen LogP contribution is -2.43. The van der Waals surface area contributed by atoms with E-state index < -0.39 is 5.97 Å². The van der Waals surface area contributed by atoms with Crippen molar-refractivity contribution in [1.82, 2.24) is 19.9 Å². The van der Waals surface area contributed by atoms with Crippen molar-refractivity contribution in [2.75, 3.05) is 31.1 Å². The number of oxime groups is 1. The maximum absolute atomic E-state index is 11.1. The fourth-order valence-electron chi connectivity index (χ4n) is 4.20. The highest BCUT2D eigenvalue weighted by Gasteiger charge is 2.12. The van der Waals surface area contributed by atoms with E-state index in [2.05, 4.69) is 31.4 Å². The number of piperazine rings is 1. The van der Waals surface area contributed by atoms with Gasteiger partial charge in [-0.25, -0.2) is 14.8 Å². The van der Waals surface area contributed by atoms with E-state index in [4.69, 9.17) is 16.0 Å². The third-order valence-electron chi connectivity index (χ3n) is 6.31. The molecule has 1 aliphatic rings. The van der Waals surface area contributed by atoms with Gasteiger partial charge in [-0.2, -0.15) is 0 Å². The minimum absolute atomic E-state index is 0.0798. The number of imidazole rings is 1. The van der Waals surface area contributed by atoms with Gasteiger partial charge < -0.3 is 30.8 Å². The van der Waals surface area contributed by atoms with Crippen molar-refractivity contribution in [3.8, 4) is 0 Å². The van der Waals surface area contributed by atoms with Crippen LogP contribution in [0.5, 0.6) is 0 Å². The maximum Gasteiger partial charge on any atom is 0.335 e. The zero-order valence-electron chi connectivity index (χ0n) is 20.7. The minimum atomic E-state index is -0.958. The summed E-state index contributed by atoms with van der Waals surface area (Å²) in [6, 6.07) is 18.5. The van der Waals surface area contributed by atoms with Crippen molar-refractivity contribution in [3.05, 3.63) is 89.4 Å². The first-order valence-electron chi connectivity index (χ1n) is 12.1. The summed E-state index contributed by atoms with van der Waals surface area (Å²) in [7, 11) is 1.92. The van der Waals surface area contributed by atoms with E-state index in [-0.39, 0.29) is 11.4 Å². The molecule has 5 N–H and O–H groups in total. The number of amidine groups is 1. The van der Waals surface area contributed by atoms with Gasteiger partial charge in [-0.3, -0.25) is 0 Å². The number of aryl methyl sites for hydroxylation is 3. The number of hydrogen-bond acceptors (Lipinski definition) is 7. The largest absolute Gasteiger partial charge is 0.478 e. The van der Waals surface area contributed by atoms with Gasteiger partial charge in [0.15, 0.2) is 5.84 Å². The monoisotopic (exact) mass is 501 g/mol. The fraction of sp³-hybridized carbons (Fsp3) is 0.259. The van der Waals surface area contributed by atoms with E-state index in [1.54, 1.807) is 30.3 Å². The highest BCUT2D eigenvalue weighted by atomic mass is 16.4. The number of fused-ring (bicyclic) bond motifs is 1. The Bertz CT molecular complexity index is 1360. The van der Waals surface area contributed by atoms with Crippen molar-refractivity contribution >= 4 is 28.7 Å². The second-order valence-corrected chi connectivity index (χ2v) is 8.70. The number of nitrogens with zero attached hydrogens (tertiary/aromatic N) is 5. The van der Waals surface area contributed by atoms with E-state index >= 15 is 0 Å². The number of hydrogen-bond donors (Lipinski definition) is 4. The summed E-state index contributed by atoms with van der Waals surface area (Å²) in [4.78, 5) is 22.2. The average Bonchev–Trinajstić information content (AvgIpc) is 3.27. The molecule has 0 saturated carbocycles. The number of nitrogens with two attached hydrogens (primary N) is 1. The molecule has 2 aromatic heterocycles. The summed E-state index contributed by atoms with van der Waals surface area (Å²) in [5, 5.41) is 24.1. The van der Waals surface area contributed by atoms with Crippen molar-refractivity contribution in [2.24, 2.45) is 17.9 Å². The van der Waals surface area contributed by atoms with Crippen molar-refractivity contribution in [1.29, 1.82) is 0 Å². The van der Waals surface area contributed by atoms with Crippen LogP contribution >= 0.6 is 0 Å². The van der Waals surface area contributed by atoms with Crippen LogP contribution in [0.25, 0.3) is 11.0 Å². The topological polar surface area (TPSA) is 142 Å². The summed E-state index contributed by atoms with van der Waals surface area (Å²) < 4.78 is 1.98. The van der Waals surface area contributed by atoms with Crippen molar-refractivity contribution < 1.29 is 15.1 Å². The predicted octanol–water partition coefficient (Wildman–Crippen LogP) is 2.64. The highest BCUT2D eigenvalue weighted by Crippen LogP contribution is 2.18. The van der Waals surface area contributed by atoms with Gasteiger partial charge in [0.1, 0.15) is 11.6 Å². The van der Waals surface area contributed by atoms with E-state index in [9.17, 15) is 4.79 Å². The Kier molecular flexibility index (Phi) is 8.32. The number of pyridine rings is 1. The van der Waals surface area contributed by atoms with Gasteiger partial charge in [-0.05, 0) is 42.3 Å². The summed E-state index contributed by atoms with van der Waals surface area (Å²) in [5.74, 6) is 1.10. The van der Waals surface area contributed by atoms with Crippen LogP contribution in [0.15, 0.2) is 72.0 Å². The molecular weight excluding hydrogens is 470 g/mol. The first-order valence-corrected chi connectivity index (χ1v) is 12.1. The molecule has 4 aromatic rings. The fourth-order valence-corrected chi connectivity index (χ4v) is 4.20. The number of aromatic nitrogens is 3. The average molecular weight is 502 g/mol. The van der Waals surface area contributed by atoms with Crippen molar-refractivity contribution in [3.63, 3.8) is 0 Å². The highest BCUT2D eigenvalue weighted by molar-refractivity contribution is 5.97. The van der Waals surface area contributed by atoms with Crippen LogP contribution in [-0.4, -0.2) is 62.8 Å². The zero-order valence-corrected chi connectivity index (χ0v) is 20.7. The molecule has 0 bridgehead atoms. The lowest BCUT2D eigenvalue weighted by atomic mass is 10.1. The lowest BCUT2D eigenvalue weighted by molar-refractivity contribution is 0.0697. The number of nitrogens with one attached hydrogen (secondary N) is 1. The second kappa shape index (κ2) is 12.0. The molecule has 0 amide bonds. The first kappa shape index (κ1) is 25.6. The standard InChI is InChI=1S/C18H18N4O3.C9H13N3/c1-22-15-8-7-13(18(23)24)10-14(15)20-16(22)9-4-11-2-5-12(6-3-11)17(19)21-25;1-2-4-11-9(3-1)12-7-5-10-6-8-12/h2-3,5-8,10,25H,4,9H2,1H3,(H2,19,21)(H,23,24);1-4,10H,5-8H2. The molecule has 1 aliphatic heterocycles. The molecule has 1 saturated heterocycles. The normalized spacial score (nSPS) is 13.8. The minimum Gasteiger partial charge on any atom is -0.478 e. The van der Waals surface area contributed by atoms with Crippen LogP contribution < -0.4 is 16.0 Å². The van der Waals surface area contributed by atoms with Crippen LogP contribution in [0.4, 0.5) is 5.82 Å². The molecule has 0 unspecified atom stereocenters. The number of carbonyl (C=O) groups is 1. The molecule has 2 aromatic carbocycles. The third-order valence-corrected chi connectivity index (χ3v) is 6.31. The number of carboxylic acids is 1. The summed E-state index contributed by atoms with van der Waals surface area (Å²) in [6.07, 6.45) is 3.34. The van der Waals surface area contributed by atoms with Crippen LogP contribution in [-0.2, 0) is 19.9 Å². The molecule has 192 valence electrons. The second-order valence-electron chi connectivity index (χ2n) is 8.70. The SMILES string of the molecule is Cn1c(CCc2ccc(C(N)=NO)cc2)nc2cc(C(=O)O)ccc21.c1ccc(N2CCNCC2)nc1. The molecular formula is C27H31N7O3. The maximum atomic E-state index is 11.1. The number of anilines is 1. The van der Waals surface area contributed by atoms with Crippen LogP contribution in [0, 0.1) is 0 Å². The third kappa shape index (κ3) is 6.42. The van der Waals surface area contributed by atoms with Gasteiger partial charge in [-0.15, -0.1) is 0 Å². The van der Waals surface area contributed by atoms with E-state index in [1.807, 2.05) is 42.1 Å². The molecule has 0 radical (unpaired) electrons. The van der Waals surface area contributed by atoms with Crippen LogP contribution in [0.2, 0.25) is 0 Å². The summed E-state index contributed by atoms with van der Waals surface area (Å²) in [6.45, 7) is 4.27. The molecule has 0 spiro atoms. The number of rotatable bonds is 6. The van der Waals surface area contributed by atoms with Gasteiger partial charge in [0.25, 0.3) is 0 Å². The summed E-state index contributed by atoms with van der Waals surface area (Å²) >= 11 is 0. The Labute approximate surface area is 215 Å². The Hall–Kier alpha value is -4.44. The predicted molar refractivity (Wildman–Crippen MR) is 143 cm³/mol. The molecule has 5 rings (SSSR count). The lowest BCUT2D eigenvalue weighted by Gasteiger charge is -2.28. The number of carboxylic acid groups (broad SMARTS) is 1. The van der Waals surface area contributed by atoms with E-state index in [0.717, 1.165) is 61.7 Å². The Morgan fingerprint density at radius 2 is 1.78 bits per heavy atom. The van der Waals surface area contributed by atoms with Crippen molar-refractivity contribution in [2.45, 2.75) is 12.8 Å². The molecule has 10 heteroatoms. The van der Waals surface area contributed by atoms with E-state index in [0.29, 0.717) is 11.1 Å². The first-order chi connectivity index (χ1) is 18.0. The molecule has 0 atom stereocenters. The van der Waals surface area contributed by atoms with Gasteiger partial charge in [0.2, 0.25) is 0 Å². The Morgan fingerprint density at radius 3 is 2.43 bits per heavy atom. The molecule has 0 aliphatic carbocycles. The number of benzene rings is 2. The quantitative estimate of drug-likeness (QED) is 0.137. The molecule has 37 heavy (non-hydrogen) atoms. The molecule has 1 fully saturated rings. The Balaban J connectivity index is 0.000000222. The molecule has 3 heterocycles. The van der Waals surface area contributed by atoms with E-state index in [1.165, 1.54) is 0 Å². The summed E-state index contributed by atoms with van der Waals surface area (Å²) in [5.41, 5.74) is 9.13. The van der Waals surface area contributed by atoms with Crippen LogP contribution in [0.3, 0.4) is 0 Å². The Morgan fingerprint density at radius 1 is 1.05 bits per heavy atom. The van der Waals surface area contributed by atoms with Gasteiger partial charge >= 0.3 is 5.97 Å². The van der Waals surface area contributed by atoms with Gasteiger partial charge in [0, 0.05) is 51.4 Å². The van der Waals surface area contributed by atoms with Gasteiger partial charge in [0.05, 0.1) is 16.6 Å². The van der Waals surface area contributed by atoms with Crippen LogP contribution in [0.1, 0.15) is 27.3 Å². The molecule has 10 nitrogen and oxygen atoms in total. The smallest absolute Gasteiger partial charge is 0.335 e. The zero-order chi connectivity index (χ0) is 26.2. The van der Waals surface area contributed by atoms with Gasteiger partial charge in [-0.1, -0.05) is 35.5 Å². The number of aromatic carboxylic acids is 1.